The van der Waals surface area contributed by atoms with Crippen molar-refractivity contribution < 1.29 is 9.53 Å². The van der Waals surface area contributed by atoms with E-state index in [2.05, 4.69) is 10.3 Å². The summed E-state index contributed by atoms with van der Waals surface area (Å²) in [7, 11) is 0. The van der Waals surface area contributed by atoms with Crippen LogP contribution in [0.3, 0.4) is 0 Å². The second kappa shape index (κ2) is 7.81. The van der Waals surface area contributed by atoms with E-state index in [1.807, 2.05) is 55.5 Å². The first-order chi connectivity index (χ1) is 12.1. The normalized spacial score (nSPS) is 11.6. The van der Waals surface area contributed by atoms with Crippen molar-refractivity contribution in [3.8, 4) is 11.6 Å². The van der Waals surface area contributed by atoms with Gasteiger partial charge in [0.25, 0.3) is 5.91 Å². The summed E-state index contributed by atoms with van der Waals surface area (Å²) in [4.78, 5) is 16.9. The Bertz CT molecular complexity index is 854. The molecule has 3 aromatic rings. The van der Waals surface area contributed by atoms with Crippen molar-refractivity contribution >= 4 is 17.5 Å². The number of nitrogens with one attached hydrogen (secondary N) is 1. The van der Waals surface area contributed by atoms with Crippen LogP contribution < -0.4 is 10.1 Å². The molecule has 0 spiro atoms. The maximum atomic E-state index is 12.7. The van der Waals surface area contributed by atoms with Crippen LogP contribution in [0.1, 0.15) is 28.9 Å². The summed E-state index contributed by atoms with van der Waals surface area (Å²) in [5.41, 5.74) is 1.30. The highest BCUT2D eigenvalue weighted by Gasteiger charge is 2.18. The maximum Gasteiger partial charge on any atom is 0.257 e. The second-order valence-corrected chi connectivity index (χ2v) is 5.96. The van der Waals surface area contributed by atoms with Crippen LogP contribution in [0.15, 0.2) is 72.9 Å². The summed E-state index contributed by atoms with van der Waals surface area (Å²) in [6.45, 7) is 1.92. The van der Waals surface area contributed by atoms with Gasteiger partial charge >= 0.3 is 0 Å². The predicted molar refractivity (Wildman–Crippen MR) is 98.1 cm³/mol. The van der Waals surface area contributed by atoms with Crippen molar-refractivity contribution in [1.82, 2.24) is 10.3 Å². The Morgan fingerprint density at radius 2 is 1.72 bits per heavy atom. The summed E-state index contributed by atoms with van der Waals surface area (Å²) < 4.78 is 5.74. The largest absolute Gasteiger partial charge is 0.438 e. The fourth-order valence-electron chi connectivity index (χ4n) is 2.37. The third-order valence-electron chi connectivity index (χ3n) is 3.67. The highest BCUT2D eigenvalue weighted by atomic mass is 35.5. The molecule has 25 heavy (non-hydrogen) atoms. The molecule has 0 saturated carbocycles. The molecule has 1 atom stereocenters. The van der Waals surface area contributed by atoms with Crippen molar-refractivity contribution in [2.45, 2.75) is 13.0 Å². The van der Waals surface area contributed by atoms with Gasteiger partial charge in [-0.3, -0.25) is 4.79 Å². The van der Waals surface area contributed by atoms with Crippen LogP contribution in [0.2, 0.25) is 5.02 Å². The van der Waals surface area contributed by atoms with Crippen molar-refractivity contribution in [3.63, 3.8) is 0 Å². The molecule has 0 fully saturated rings. The Balaban J connectivity index is 1.83. The van der Waals surface area contributed by atoms with Crippen LogP contribution >= 0.6 is 11.6 Å². The third kappa shape index (κ3) is 4.37. The van der Waals surface area contributed by atoms with Crippen LogP contribution in [-0.2, 0) is 0 Å². The van der Waals surface area contributed by atoms with Gasteiger partial charge in [0.05, 0.1) is 11.1 Å². The minimum atomic E-state index is -0.294. The lowest BCUT2D eigenvalue weighted by Crippen LogP contribution is -2.27. The van der Waals surface area contributed by atoms with Gasteiger partial charge in [-0.1, -0.05) is 60.1 Å². The fraction of sp³-hybridized carbons (Fsp3) is 0.100. The maximum absolute atomic E-state index is 12.7. The van der Waals surface area contributed by atoms with Gasteiger partial charge in [0.15, 0.2) is 0 Å². The van der Waals surface area contributed by atoms with Gasteiger partial charge in [-0.15, -0.1) is 0 Å². The highest BCUT2D eigenvalue weighted by Crippen LogP contribution is 2.26. The number of ether oxygens (including phenoxy) is 1. The van der Waals surface area contributed by atoms with Crippen LogP contribution in [-0.4, -0.2) is 10.9 Å². The Morgan fingerprint density at radius 1 is 1.08 bits per heavy atom. The van der Waals surface area contributed by atoms with E-state index in [1.165, 1.54) is 6.20 Å². The molecule has 1 aromatic heterocycles. The molecular weight excluding hydrogens is 336 g/mol. The van der Waals surface area contributed by atoms with Crippen molar-refractivity contribution in [2.75, 3.05) is 0 Å². The van der Waals surface area contributed by atoms with E-state index >= 15 is 0 Å². The number of rotatable bonds is 5. The first-order valence-electron chi connectivity index (χ1n) is 7.88. The minimum Gasteiger partial charge on any atom is -0.438 e. The molecule has 0 aliphatic heterocycles. The number of benzene rings is 2. The van der Waals surface area contributed by atoms with E-state index in [1.54, 1.807) is 18.2 Å². The first-order valence-corrected chi connectivity index (χ1v) is 8.25. The summed E-state index contributed by atoms with van der Waals surface area (Å²) in [5.74, 6) is 0.521. The van der Waals surface area contributed by atoms with E-state index in [0.717, 1.165) is 5.56 Å². The van der Waals surface area contributed by atoms with Gasteiger partial charge in [0, 0.05) is 6.20 Å². The van der Waals surface area contributed by atoms with Crippen molar-refractivity contribution in [1.29, 1.82) is 0 Å². The molecule has 0 saturated heterocycles. The third-order valence-corrected chi connectivity index (χ3v) is 3.87. The molecule has 126 valence electrons. The quantitative estimate of drug-likeness (QED) is 0.701. The number of hydrogen-bond acceptors (Lipinski definition) is 3. The monoisotopic (exact) mass is 352 g/mol. The lowest BCUT2D eigenvalue weighted by molar-refractivity contribution is 0.0937. The van der Waals surface area contributed by atoms with Crippen molar-refractivity contribution in [2.24, 2.45) is 0 Å². The molecule has 0 bridgehead atoms. The molecule has 3 rings (SSSR count). The van der Waals surface area contributed by atoms with E-state index in [9.17, 15) is 4.79 Å². The predicted octanol–water partition coefficient (Wildman–Crippen LogP) is 5.02. The van der Waals surface area contributed by atoms with E-state index in [4.69, 9.17) is 16.3 Å². The average molecular weight is 353 g/mol. The smallest absolute Gasteiger partial charge is 0.257 e. The van der Waals surface area contributed by atoms with E-state index in [0.29, 0.717) is 16.3 Å². The van der Waals surface area contributed by atoms with Crippen LogP contribution in [0.5, 0.6) is 11.6 Å². The lowest BCUT2D eigenvalue weighted by atomic mass is 10.1. The molecule has 0 radical (unpaired) electrons. The number of nitrogens with zero attached hydrogens (tertiary/aromatic N) is 1. The SMILES string of the molecule is C[C@H](NC(=O)c1cc(Cl)cnc1Oc1ccccc1)c1ccccc1. The topological polar surface area (TPSA) is 51.2 Å². The second-order valence-electron chi connectivity index (χ2n) is 5.53. The zero-order valence-corrected chi connectivity index (χ0v) is 14.4. The van der Waals surface area contributed by atoms with Crippen LogP contribution in [0.25, 0.3) is 0 Å². The van der Waals surface area contributed by atoms with Gasteiger partial charge in [-0.25, -0.2) is 4.98 Å². The fourth-order valence-corrected chi connectivity index (χ4v) is 2.53. The highest BCUT2D eigenvalue weighted by molar-refractivity contribution is 6.30. The molecule has 1 N–H and O–H groups in total. The number of halogens is 1. The number of hydrogen-bond donors (Lipinski definition) is 1. The Morgan fingerprint density at radius 3 is 2.40 bits per heavy atom. The molecule has 5 heteroatoms. The van der Waals surface area contributed by atoms with Gasteiger partial charge in [-0.2, -0.15) is 0 Å². The van der Waals surface area contributed by atoms with Gasteiger partial charge in [-0.05, 0) is 30.7 Å². The van der Waals surface area contributed by atoms with Gasteiger partial charge in [0.1, 0.15) is 11.3 Å². The summed E-state index contributed by atoms with van der Waals surface area (Å²) in [6, 6.07) is 20.3. The number of para-hydroxylation sites is 1. The van der Waals surface area contributed by atoms with Crippen LogP contribution in [0.4, 0.5) is 0 Å². The zero-order chi connectivity index (χ0) is 17.6. The first kappa shape index (κ1) is 17.0. The number of amides is 1. The average Bonchev–Trinajstić information content (AvgIpc) is 2.64. The molecule has 0 aliphatic carbocycles. The van der Waals surface area contributed by atoms with Crippen molar-refractivity contribution in [3.05, 3.63) is 89.1 Å². The number of carbonyl (C=O) groups is 1. The molecule has 0 aliphatic rings. The van der Waals surface area contributed by atoms with Gasteiger partial charge < -0.3 is 10.1 Å². The number of aromatic nitrogens is 1. The number of carbonyl (C=O) groups excluding carboxylic acids is 1. The lowest BCUT2D eigenvalue weighted by Gasteiger charge is -2.16. The Hall–Kier alpha value is -2.85. The molecule has 0 unspecified atom stereocenters. The zero-order valence-electron chi connectivity index (χ0n) is 13.6. The standard InChI is InChI=1S/C20H17ClN2O2/c1-14(15-8-4-2-5-9-15)23-19(24)18-12-16(21)13-22-20(18)25-17-10-6-3-7-11-17/h2-14H,1H3,(H,23,24)/t14-/m0/s1. The molecule has 1 amide bonds. The van der Waals surface area contributed by atoms with Crippen LogP contribution in [0, 0.1) is 0 Å². The molecule has 4 nitrogen and oxygen atoms in total. The van der Waals surface area contributed by atoms with Gasteiger partial charge in [0.2, 0.25) is 5.88 Å². The summed E-state index contributed by atoms with van der Waals surface area (Å²) in [6.07, 6.45) is 1.46. The Labute approximate surface area is 151 Å². The van der Waals surface area contributed by atoms with E-state index in [-0.39, 0.29) is 17.8 Å². The number of pyridine rings is 1. The van der Waals surface area contributed by atoms with E-state index < -0.39 is 0 Å². The summed E-state index contributed by atoms with van der Waals surface area (Å²) >= 11 is 6.02. The molecule has 1 heterocycles. The minimum absolute atomic E-state index is 0.155. The summed E-state index contributed by atoms with van der Waals surface area (Å²) in [5, 5.41) is 3.32. The molecule has 2 aromatic carbocycles. The Kier molecular flexibility index (Phi) is 5.31. The molecular formula is C20H17ClN2O2.